The summed E-state index contributed by atoms with van der Waals surface area (Å²) >= 11 is 0. The quantitative estimate of drug-likeness (QED) is 0.811. The molecule has 1 rings (SSSR count). The lowest BCUT2D eigenvalue weighted by Crippen LogP contribution is -2.27. The zero-order valence-electron chi connectivity index (χ0n) is 9.47. The van der Waals surface area contributed by atoms with E-state index in [1.807, 2.05) is 6.92 Å². The number of amides is 1. The molecular weight excluding hydrogens is 231 g/mol. The summed E-state index contributed by atoms with van der Waals surface area (Å²) in [6.07, 6.45) is -2.88. The highest BCUT2D eigenvalue weighted by atomic mass is 19.4. The average Bonchev–Trinajstić information content (AvgIpc) is 2.28. The maximum Gasteiger partial charge on any atom is 0.417 e. The third-order valence-electron chi connectivity index (χ3n) is 2.29. The van der Waals surface area contributed by atoms with Crippen LogP contribution in [-0.2, 0) is 6.18 Å². The van der Waals surface area contributed by atoms with Crippen LogP contribution in [0.1, 0.15) is 35.7 Å². The van der Waals surface area contributed by atoms with Crippen LogP contribution in [0, 0.1) is 0 Å². The second kappa shape index (κ2) is 5.70. The largest absolute Gasteiger partial charge is 0.417 e. The monoisotopic (exact) mass is 245 g/mol. The van der Waals surface area contributed by atoms with Gasteiger partial charge in [0.1, 0.15) is 0 Å². The van der Waals surface area contributed by atoms with Crippen molar-refractivity contribution in [2.75, 3.05) is 6.54 Å². The van der Waals surface area contributed by atoms with E-state index in [4.69, 9.17) is 0 Å². The van der Waals surface area contributed by atoms with E-state index >= 15 is 0 Å². The van der Waals surface area contributed by atoms with Crippen molar-refractivity contribution >= 4 is 5.91 Å². The summed E-state index contributed by atoms with van der Waals surface area (Å²) in [5.74, 6) is -0.675. The molecule has 2 nitrogen and oxygen atoms in total. The summed E-state index contributed by atoms with van der Waals surface area (Å²) in [6.45, 7) is 2.33. The number of halogens is 3. The lowest BCUT2D eigenvalue weighted by molar-refractivity contribution is -0.137. The van der Waals surface area contributed by atoms with E-state index in [9.17, 15) is 18.0 Å². The zero-order valence-corrected chi connectivity index (χ0v) is 9.47. The SMILES string of the molecule is CCCCNC(=O)c1ccccc1C(F)(F)F. The fraction of sp³-hybridized carbons (Fsp3) is 0.417. The number of rotatable bonds is 4. The van der Waals surface area contributed by atoms with Crippen molar-refractivity contribution in [2.45, 2.75) is 25.9 Å². The van der Waals surface area contributed by atoms with Gasteiger partial charge < -0.3 is 5.32 Å². The number of nitrogens with one attached hydrogen (secondary N) is 1. The first-order valence-electron chi connectivity index (χ1n) is 5.41. The molecule has 0 aliphatic heterocycles. The summed E-state index contributed by atoms with van der Waals surface area (Å²) in [6, 6.07) is 4.79. The summed E-state index contributed by atoms with van der Waals surface area (Å²) < 4.78 is 37.9. The van der Waals surface area contributed by atoms with Crippen molar-refractivity contribution in [3.63, 3.8) is 0 Å². The molecule has 0 aliphatic carbocycles. The summed E-state index contributed by atoms with van der Waals surface area (Å²) in [4.78, 5) is 11.6. The predicted octanol–water partition coefficient (Wildman–Crippen LogP) is 3.24. The van der Waals surface area contributed by atoms with E-state index in [0.717, 1.165) is 18.9 Å². The highest BCUT2D eigenvalue weighted by Crippen LogP contribution is 2.31. The summed E-state index contributed by atoms with van der Waals surface area (Å²) in [5, 5.41) is 2.47. The predicted molar refractivity (Wildman–Crippen MR) is 58.7 cm³/mol. The van der Waals surface area contributed by atoms with Gasteiger partial charge in [0, 0.05) is 6.54 Å². The Morgan fingerprint density at radius 3 is 2.53 bits per heavy atom. The molecule has 1 aromatic carbocycles. The number of benzene rings is 1. The molecule has 0 radical (unpaired) electrons. The Labute approximate surface area is 97.8 Å². The minimum Gasteiger partial charge on any atom is -0.352 e. The van der Waals surface area contributed by atoms with Crippen LogP contribution < -0.4 is 5.32 Å². The first-order valence-corrected chi connectivity index (χ1v) is 5.41. The van der Waals surface area contributed by atoms with E-state index in [1.54, 1.807) is 0 Å². The van der Waals surface area contributed by atoms with E-state index in [2.05, 4.69) is 5.32 Å². The van der Waals surface area contributed by atoms with Gasteiger partial charge in [-0.3, -0.25) is 4.79 Å². The standard InChI is InChI=1S/C12H14F3NO/c1-2-3-8-16-11(17)9-6-4-5-7-10(9)12(13,14)15/h4-7H,2-3,8H2,1H3,(H,16,17). The molecule has 0 saturated carbocycles. The van der Waals surface area contributed by atoms with Crippen LogP contribution in [0.25, 0.3) is 0 Å². The third-order valence-corrected chi connectivity index (χ3v) is 2.29. The Morgan fingerprint density at radius 2 is 1.94 bits per heavy atom. The number of carbonyl (C=O) groups is 1. The topological polar surface area (TPSA) is 29.1 Å². The molecule has 0 spiro atoms. The van der Waals surface area contributed by atoms with Gasteiger partial charge in [-0.15, -0.1) is 0 Å². The third kappa shape index (κ3) is 3.76. The van der Waals surface area contributed by atoms with Crippen molar-refractivity contribution in [3.8, 4) is 0 Å². The van der Waals surface area contributed by atoms with E-state index in [-0.39, 0.29) is 5.56 Å². The number of alkyl halides is 3. The molecule has 0 fully saturated rings. The second-order valence-electron chi connectivity index (χ2n) is 3.65. The highest BCUT2D eigenvalue weighted by molar-refractivity contribution is 5.95. The van der Waals surface area contributed by atoms with Crippen LogP contribution >= 0.6 is 0 Å². The number of unbranched alkanes of at least 4 members (excludes halogenated alkanes) is 1. The molecule has 1 N–H and O–H groups in total. The van der Waals surface area contributed by atoms with Gasteiger partial charge in [-0.05, 0) is 18.6 Å². The first kappa shape index (κ1) is 13.5. The summed E-state index contributed by atoms with van der Waals surface area (Å²) in [5.41, 5.74) is -1.22. The maximum absolute atomic E-state index is 12.6. The smallest absolute Gasteiger partial charge is 0.352 e. The number of hydrogen-bond donors (Lipinski definition) is 1. The number of carbonyl (C=O) groups excluding carboxylic acids is 1. The molecule has 94 valence electrons. The van der Waals surface area contributed by atoms with Crippen LogP contribution in [0.3, 0.4) is 0 Å². The fourth-order valence-electron chi connectivity index (χ4n) is 1.40. The average molecular weight is 245 g/mol. The molecule has 0 aromatic heterocycles. The molecule has 1 amide bonds. The summed E-state index contributed by atoms with van der Waals surface area (Å²) in [7, 11) is 0. The molecule has 0 aliphatic rings. The van der Waals surface area contributed by atoms with Crippen molar-refractivity contribution in [1.82, 2.24) is 5.32 Å². The Bertz CT molecular complexity index is 388. The van der Waals surface area contributed by atoms with Crippen molar-refractivity contribution in [2.24, 2.45) is 0 Å². The van der Waals surface area contributed by atoms with Crippen molar-refractivity contribution in [1.29, 1.82) is 0 Å². The normalized spacial score (nSPS) is 11.3. The van der Waals surface area contributed by atoms with Gasteiger partial charge in [-0.1, -0.05) is 25.5 Å². The van der Waals surface area contributed by atoms with Crippen LogP contribution in [0.2, 0.25) is 0 Å². The Hall–Kier alpha value is -1.52. The van der Waals surface area contributed by atoms with Crippen LogP contribution in [0.15, 0.2) is 24.3 Å². The van der Waals surface area contributed by atoms with E-state index < -0.39 is 17.6 Å². The van der Waals surface area contributed by atoms with E-state index in [1.165, 1.54) is 18.2 Å². The minimum atomic E-state index is -4.50. The molecular formula is C12H14F3NO. The molecule has 0 heterocycles. The first-order chi connectivity index (χ1) is 7.96. The fourth-order valence-corrected chi connectivity index (χ4v) is 1.40. The van der Waals surface area contributed by atoms with E-state index in [0.29, 0.717) is 6.54 Å². The molecule has 17 heavy (non-hydrogen) atoms. The van der Waals surface area contributed by atoms with Gasteiger partial charge in [0.05, 0.1) is 11.1 Å². The molecule has 1 aromatic rings. The Balaban J connectivity index is 2.86. The lowest BCUT2D eigenvalue weighted by Gasteiger charge is -2.12. The molecule has 0 unspecified atom stereocenters. The Morgan fingerprint density at radius 1 is 1.29 bits per heavy atom. The zero-order chi connectivity index (χ0) is 12.9. The van der Waals surface area contributed by atoms with Crippen molar-refractivity contribution in [3.05, 3.63) is 35.4 Å². The lowest BCUT2D eigenvalue weighted by atomic mass is 10.1. The molecule has 0 saturated heterocycles. The van der Waals surface area contributed by atoms with Gasteiger partial charge in [-0.2, -0.15) is 13.2 Å². The minimum absolute atomic E-state index is 0.323. The van der Waals surface area contributed by atoms with Crippen molar-refractivity contribution < 1.29 is 18.0 Å². The highest BCUT2D eigenvalue weighted by Gasteiger charge is 2.34. The van der Waals surface area contributed by atoms with Gasteiger partial charge in [0.15, 0.2) is 0 Å². The maximum atomic E-state index is 12.6. The van der Waals surface area contributed by atoms with Gasteiger partial charge in [0.2, 0.25) is 0 Å². The van der Waals surface area contributed by atoms with Gasteiger partial charge in [0.25, 0.3) is 5.91 Å². The molecule has 0 atom stereocenters. The van der Waals surface area contributed by atoms with Gasteiger partial charge >= 0.3 is 6.18 Å². The second-order valence-corrected chi connectivity index (χ2v) is 3.65. The number of hydrogen-bond acceptors (Lipinski definition) is 1. The Kier molecular flexibility index (Phi) is 4.54. The van der Waals surface area contributed by atoms with Gasteiger partial charge in [-0.25, -0.2) is 0 Å². The van der Waals surface area contributed by atoms with Crippen LogP contribution in [0.4, 0.5) is 13.2 Å². The van der Waals surface area contributed by atoms with Crippen LogP contribution in [0.5, 0.6) is 0 Å². The molecule has 5 heteroatoms. The molecule has 0 bridgehead atoms. The van der Waals surface area contributed by atoms with Crippen LogP contribution in [-0.4, -0.2) is 12.5 Å².